The number of hydrogen-bond acceptors (Lipinski definition) is 3. The molecule has 0 aliphatic carbocycles. The minimum absolute atomic E-state index is 0.0159. The van der Waals surface area contributed by atoms with Crippen LogP contribution in [0.25, 0.3) is 0 Å². The van der Waals surface area contributed by atoms with E-state index >= 15 is 0 Å². The normalized spacial score (nSPS) is 14.3. The molecule has 1 amide bonds. The molecule has 0 saturated carbocycles. The zero-order valence-corrected chi connectivity index (χ0v) is 11.9. The predicted octanol–water partition coefficient (Wildman–Crippen LogP) is 1.62. The topological polar surface area (TPSA) is 72.2 Å². The first kappa shape index (κ1) is 16.1. The van der Waals surface area contributed by atoms with Gasteiger partial charge in [0, 0.05) is 12.0 Å². The third-order valence-electron chi connectivity index (χ3n) is 2.98. The fourth-order valence-corrected chi connectivity index (χ4v) is 2.31. The molecule has 0 spiro atoms. The van der Waals surface area contributed by atoms with Gasteiger partial charge in [-0.05, 0) is 32.6 Å². The molecule has 0 aromatic heterocycles. The fraction of sp³-hybridized carbons (Fsp3) is 0.846. The van der Waals surface area contributed by atoms with Crippen LogP contribution in [0.3, 0.4) is 0 Å². The van der Waals surface area contributed by atoms with Gasteiger partial charge in [0.25, 0.3) is 0 Å². The highest BCUT2D eigenvalue weighted by atomic mass is 16.1. The van der Waals surface area contributed by atoms with Gasteiger partial charge in [-0.15, -0.1) is 0 Å². The van der Waals surface area contributed by atoms with E-state index in [1.54, 1.807) is 0 Å². The Bertz CT molecular complexity index is 296. The molecule has 0 rings (SSSR count). The van der Waals surface area contributed by atoms with Crippen LogP contribution in [0.15, 0.2) is 0 Å². The molecule has 0 aliphatic heterocycles. The van der Waals surface area contributed by atoms with Gasteiger partial charge < -0.3 is 11.1 Å². The van der Waals surface area contributed by atoms with Gasteiger partial charge in [0.05, 0.1) is 6.04 Å². The summed E-state index contributed by atoms with van der Waals surface area (Å²) in [7, 11) is 0. The molecule has 0 heterocycles. The number of rotatable bonds is 6. The van der Waals surface area contributed by atoms with Crippen molar-refractivity contribution in [1.29, 1.82) is 0 Å². The molecule has 17 heavy (non-hydrogen) atoms. The summed E-state index contributed by atoms with van der Waals surface area (Å²) < 4.78 is 0. The van der Waals surface area contributed by atoms with Crippen LogP contribution in [0.1, 0.15) is 54.4 Å². The van der Waals surface area contributed by atoms with Gasteiger partial charge in [0.1, 0.15) is 5.78 Å². The van der Waals surface area contributed by atoms with Gasteiger partial charge in [-0.25, -0.2) is 0 Å². The zero-order valence-electron chi connectivity index (χ0n) is 11.9. The second kappa shape index (κ2) is 5.63. The van der Waals surface area contributed by atoms with Crippen LogP contribution in [-0.2, 0) is 9.59 Å². The lowest BCUT2D eigenvalue weighted by atomic mass is 9.74. The maximum Gasteiger partial charge on any atom is 0.220 e. The van der Waals surface area contributed by atoms with E-state index in [-0.39, 0.29) is 22.6 Å². The van der Waals surface area contributed by atoms with Crippen molar-refractivity contribution in [2.45, 2.75) is 66.0 Å². The second-order valence-corrected chi connectivity index (χ2v) is 6.04. The molecule has 0 aliphatic rings. The highest BCUT2D eigenvalue weighted by molar-refractivity contribution is 5.82. The number of ketones is 1. The molecule has 100 valence electrons. The Hall–Kier alpha value is -0.900. The first-order chi connectivity index (χ1) is 7.52. The molecule has 1 atom stereocenters. The molecule has 0 radical (unpaired) electrons. The summed E-state index contributed by atoms with van der Waals surface area (Å²) in [6, 6.07) is -0.500. The summed E-state index contributed by atoms with van der Waals surface area (Å²) in [5, 5.41) is 2.95. The van der Waals surface area contributed by atoms with Crippen LogP contribution in [0.2, 0.25) is 0 Å². The minimum atomic E-state index is -0.500. The second-order valence-electron chi connectivity index (χ2n) is 6.04. The van der Waals surface area contributed by atoms with Crippen molar-refractivity contribution < 1.29 is 9.59 Å². The Morgan fingerprint density at radius 1 is 1.24 bits per heavy atom. The Balaban J connectivity index is 4.68. The average molecular weight is 242 g/mol. The SMILES string of the molecule is CCC(=O)NC(C)(C)CC(C)(C)C(N)C(C)=O. The van der Waals surface area contributed by atoms with Crippen LogP contribution in [0.4, 0.5) is 0 Å². The molecule has 1 unspecified atom stereocenters. The minimum Gasteiger partial charge on any atom is -0.351 e. The molecule has 4 heteroatoms. The van der Waals surface area contributed by atoms with Crippen LogP contribution >= 0.6 is 0 Å². The molecule has 0 aromatic rings. The first-order valence-electron chi connectivity index (χ1n) is 6.09. The molecular formula is C13H26N2O2. The Morgan fingerprint density at radius 3 is 2.06 bits per heavy atom. The van der Waals surface area contributed by atoms with E-state index in [4.69, 9.17) is 5.73 Å². The van der Waals surface area contributed by atoms with Crippen molar-refractivity contribution in [3.8, 4) is 0 Å². The van der Waals surface area contributed by atoms with Gasteiger partial charge in [-0.1, -0.05) is 20.8 Å². The molecule has 0 fully saturated rings. The molecule has 0 saturated heterocycles. The maximum atomic E-state index is 11.4. The summed E-state index contributed by atoms with van der Waals surface area (Å²) >= 11 is 0. The lowest BCUT2D eigenvalue weighted by Crippen LogP contribution is -2.51. The largest absolute Gasteiger partial charge is 0.351 e. The molecule has 3 N–H and O–H groups in total. The molecular weight excluding hydrogens is 216 g/mol. The summed E-state index contributed by atoms with van der Waals surface area (Å²) in [5.74, 6) is -0.00480. The standard InChI is InChI=1S/C13H26N2O2/c1-7-10(17)15-13(5,6)8-12(3,4)11(14)9(2)16/h11H,7-8,14H2,1-6H3,(H,15,17). The summed E-state index contributed by atoms with van der Waals surface area (Å²) in [4.78, 5) is 22.7. The number of hydrogen-bond donors (Lipinski definition) is 2. The van der Waals surface area contributed by atoms with Crippen LogP contribution < -0.4 is 11.1 Å². The lowest BCUT2D eigenvalue weighted by molar-refractivity contribution is -0.122. The van der Waals surface area contributed by atoms with Crippen molar-refractivity contribution in [1.82, 2.24) is 5.32 Å². The summed E-state index contributed by atoms with van der Waals surface area (Å²) in [5.41, 5.74) is 5.21. The number of nitrogens with one attached hydrogen (secondary N) is 1. The van der Waals surface area contributed by atoms with Crippen LogP contribution in [0.5, 0.6) is 0 Å². The number of Topliss-reactive ketones (excluding diaryl/α,β-unsaturated/α-hetero) is 1. The lowest BCUT2D eigenvalue weighted by Gasteiger charge is -2.38. The summed E-state index contributed by atoms with van der Waals surface area (Å²) in [6.45, 7) is 11.1. The molecule has 0 bridgehead atoms. The molecule has 4 nitrogen and oxygen atoms in total. The predicted molar refractivity (Wildman–Crippen MR) is 69.6 cm³/mol. The van der Waals surface area contributed by atoms with E-state index in [0.29, 0.717) is 12.8 Å². The van der Waals surface area contributed by atoms with Gasteiger partial charge in [-0.2, -0.15) is 0 Å². The van der Waals surface area contributed by atoms with E-state index in [9.17, 15) is 9.59 Å². The van der Waals surface area contributed by atoms with Crippen molar-refractivity contribution in [3.05, 3.63) is 0 Å². The van der Waals surface area contributed by atoms with E-state index in [1.807, 2.05) is 34.6 Å². The Morgan fingerprint density at radius 2 is 1.71 bits per heavy atom. The van der Waals surface area contributed by atoms with Crippen molar-refractivity contribution in [2.24, 2.45) is 11.1 Å². The van der Waals surface area contributed by atoms with Crippen molar-refractivity contribution in [3.63, 3.8) is 0 Å². The van der Waals surface area contributed by atoms with Gasteiger partial charge >= 0.3 is 0 Å². The van der Waals surface area contributed by atoms with Crippen LogP contribution in [-0.4, -0.2) is 23.3 Å². The number of nitrogens with two attached hydrogens (primary N) is 1. The summed E-state index contributed by atoms with van der Waals surface area (Å²) in [6.07, 6.45) is 1.12. The Kier molecular flexibility index (Phi) is 5.33. The number of carbonyl (C=O) groups excluding carboxylic acids is 2. The van der Waals surface area contributed by atoms with Crippen molar-refractivity contribution >= 4 is 11.7 Å². The third-order valence-corrected chi connectivity index (χ3v) is 2.98. The quantitative estimate of drug-likeness (QED) is 0.743. The van der Waals surface area contributed by atoms with E-state index in [2.05, 4.69) is 5.32 Å². The van der Waals surface area contributed by atoms with Gasteiger partial charge in [0.2, 0.25) is 5.91 Å². The van der Waals surface area contributed by atoms with E-state index in [0.717, 1.165) is 0 Å². The van der Waals surface area contributed by atoms with Gasteiger partial charge in [-0.3, -0.25) is 9.59 Å². The highest BCUT2D eigenvalue weighted by Crippen LogP contribution is 2.30. The molecule has 0 aromatic carbocycles. The van der Waals surface area contributed by atoms with Crippen molar-refractivity contribution in [2.75, 3.05) is 0 Å². The smallest absolute Gasteiger partial charge is 0.220 e. The zero-order chi connectivity index (χ0) is 13.9. The highest BCUT2D eigenvalue weighted by Gasteiger charge is 2.36. The number of amides is 1. The average Bonchev–Trinajstić information content (AvgIpc) is 2.13. The monoisotopic (exact) mass is 242 g/mol. The Labute approximate surface area is 104 Å². The fourth-order valence-electron chi connectivity index (χ4n) is 2.31. The van der Waals surface area contributed by atoms with Crippen LogP contribution in [0, 0.1) is 5.41 Å². The number of carbonyl (C=O) groups is 2. The third kappa shape index (κ3) is 5.31. The van der Waals surface area contributed by atoms with Gasteiger partial charge in [0.15, 0.2) is 0 Å². The maximum absolute atomic E-state index is 11.4. The first-order valence-corrected chi connectivity index (χ1v) is 6.09. The van der Waals surface area contributed by atoms with E-state index in [1.165, 1.54) is 6.92 Å². The van der Waals surface area contributed by atoms with E-state index < -0.39 is 6.04 Å².